The van der Waals surface area contributed by atoms with Gasteiger partial charge in [-0.25, -0.2) is 0 Å². The summed E-state index contributed by atoms with van der Waals surface area (Å²) in [7, 11) is 3.13. The highest BCUT2D eigenvalue weighted by Gasteiger charge is 2.22. The number of hydrogen-bond acceptors (Lipinski definition) is 3. The zero-order valence-corrected chi connectivity index (χ0v) is 7.85. The second-order valence-corrected chi connectivity index (χ2v) is 2.47. The Balaban J connectivity index is 3.51. The van der Waals surface area contributed by atoms with E-state index in [0.717, 1.165) is 12.8 Å². The summed E-state index contributed by atoms with van der Waals surface area (Å²) in [5, 5.41) is 0. The van der Waals surface area contributed by atoms with Gasteiger partial charge in [-0.3, -0.25) is 0 Å². The average molecular weight is 162 g/mol. The molecule has 0 amide bonds. The molecule has 68 valence electrons. The van der Waals surface area contributed by atoms with E-state index in [4.69, 9.17) is 14.2 Å². The summed E-state index contributed by atoms with van der Waals surface area (Å²) >= 11 is 0. The molecule has 0 radical (unpaired) electrons. The third kappa shape index (κ3) is 4.35. The molecule has 11 heavy (non-hydrogen) atoms. The summed E-state index contributed by atoms with van der Waals surface area (Å²) in [6.45, 7) is 4.54. The molecule has 0 aromatic heterocycles. The standard InChI is InChI=1S/C8H18O3/c1-5-6-7-11-8(2,9-3)10-4/h5-7H2,1-4H3. The lowest BCUT2D eigenvalue weighted by molar-refractivity contribution is -0.350. The van der Waals surface area contributed by atoms with E-state index in [1.54, 1.807) is 21.1 Å². The van der Waals surface area contributed by atoms with Crippen molar-refractivity contribution in [1.82, 2.24) is 0 Å². The summed E-state index contributed by atoms with van der Waals surface area (Å²) in [5.74, 6) is -0.866. The van der Waals surface area contributed by atoms with Crippen LogP contribution in [-0.4, -0.2) is 26.8 Å². The molecule has 0 aliphatic carbocycles. The Kier molecular flexibility index (Phi) is 5.46. The summed E-state index contributed by atoms with van der Waals surface area (Å²) < 4.78 is 15.3. The second kappa shape index (κ2) is 5.52. The van der Waals surface area contributed by atoms with E-state index >= 15 is 0 Å². The van der Waals surface area contributed by atoms with Crippen LogP contribution < -0.4 is 0 Å². The van der Waals surface area contributed by atoms with E-state index in [-0.39, 0.29) is 0 Å². The molecule has 0 atom stereocenters. The molecule has 0 saturated heterocycles. The molecule has 0 aromatic rings. The highest BCUT2D eigenvalue weighted by atomic mass is 16.9. The second-order valence-electron chi connectivity index (χ2n) is 2.47. The van der Waals surface area contributed by atoms with Crippen molar-refractivity contribution >= 4 is 0 Å². The minimum atomic E-state index is -0.866. The fraction of sp³-hybridized carbons (Fsp3) is 1.00. The molecule has 0 aliphatic heterocycles. The van der Waals surface area contributed by atoms with Crippen molar-refractivity contribution in [2.75, 3.05) is 20.8 Å². The van der Waals surface area contributed by atoms with Crippen LogP contribution >= 0.6 is 0 Å². The summed E-state index contributed by atoms with van der Waals surface area (Å²) in [4.78, 5) is 0. The number of unbranched alkanes of at least 4 members (excludes halogenated alkanes) is 1. The van der Waals surface area contributed by atoms with Crippen LogP contribution in [0.5, 0.6) is 0 Å². The molecular weight excluding hydrogens is 144 g/mol. The first-order valence-electron chi connectivity index (χ1n) is 3.92. The number of methoxy groups -OCH3 is 2. The maximum atomic E-state index is 5.32. The molecule has 0 N–H and O–H groups in total. The number of ether oxygens (including phenoxy) is 3. The van der Waals surface area contributed by atoms with Gasteiger partial charge in [0, 0.05) is 21.1 Å². The molecule has 3 heteroatoms. The SMILES string of the molecule is CCCCOC(C)(OC)OC. The molecule has 0 rings (SSSR count). The van der Waals surface area contributed by atoms with Crippen molar-refractivity contribution in [3.05, 3.63) is 0 Å². The van der Waals surface area contributed by atoms with Gasteiger partial charge < -0.3 is 14.2 Å². The smallest absolute Gasteiger partial charge is 0.279 e. The van der Waals surface area contributed by atoms with E-state index in [9.17, 15) is 0 Å². The van der Waals surface area contributed by atoms with Crippen LogP contribution in [0.25, 0.3) is 0 Å². The van der Waals surface area contributed by atoms with E-state index < -0.39 is 5.97 Å². The van der Waals surface area contributed by atoms with Crippen molar-refractivity contribution in [3.8, 4) is 0 Å². The van der Waals surface area contributed by atoms with Crippen LogP contribution in [0.3, 0.4) is 0 Å². The molecule has 0 bridgehead atoms. The molecule has 0 unspecified atom stereocenters. The van der Waals surface area contributed by atoms with Gasteiger partial charge in [0.25, 0.3) is 5.97 Å². The maximum absolute atomic E-state index is 5.32. The summed E-state index contributed by atoms with van der Waals surface area (Å²) in [6, 6.07) is 0. The molecule has 0 fully saturated rings. The zero-order chi connectivity index (χ0) is 8.74. The minimum Gasteiger partial charge on any atom is -0.331 e. The highest BCUT2D eigenvalue weighted by molar-refractivity contribution is 4.44. The van der Waals surface area contributed by atoms with Gasteiger partial charge in [-0.2, -0.15) is 0 Å². The lowest BCUT2D eigenvalue weighted by atomic mass is 10.4. The zero-order valence-electron chi connectivity index (χ0n) is 7.85. The van der Waals surface area contributed by atoms with Crippen molar-refractivity contribution in [2.24, 2.45) is 0 Å². The molecule has 0 spiro atoms. The fourth-order valence-electron chi connectivity index (χ4n) is 0.603. The van der Waals surface area contributed by atoms with Crippen molar-refractivity contribution in [2.45, 2.75) is 32.7 Å². The molecule has 3 nitrogen and oxygen atoms in total. The Bertz CT molecular complexity index is 89.3. The lowest BCUT2D eigenvalue weighted by Crippen LogP contribution is -2.33. The van der Waals surface area contributed by atoms with Gasteiger partial charge in [-0.05, 0) is 6.42 Å². The van der Waals surface area contributed by atoms with Crippen molar-refractivity contribution in [3.63, 3.8) is 0 Å². The Hall–Kier alpha value is -0.120. The first kappa shape index (κ1) is 10.9. The van der Waals surface area contributed by atoms with Gasteiger partial charge in [0.2, 0.25) is 0 Å². The van der Waals surface area contributed by atoms with Crippen molar-refractivity contribution < 1.29 is 14.2 Å². The van der Waals surface area contributed by atoms with Gasteiger partial charge in [0.15, 0.2) is 0 Å². The van der Waals surface area contributed by atoms with Crippen LogP contribution in [0, 0.1) is 0 Å². The highest BCUT2D eigenvalue weighted by Crippen LogP contribution is 2.11. The van der Waals surface area contributed by atoms with Gasteiger partial charge in [-0.1, -0.05) is 13.3 Å². The van der Waals surface area contributed by atoms with Gasteiger partial charge in [0.1, 0.15) is 0 Å². The molecular formula is C8H18O3. The van der Waals surface area contributed by atoms with Crippen LogP contribution in [0.1, 0.15) is 26.7 Å². The Morgan fingerprint density at radius 2 is 1.73 bits per heavy atom. The Morgan fingerprint density at radius 1 is 1.18 bits per heavy atom. The van der Waals surface area contributed by atoms with Crippen LogP contribution in [0.2, 0.25) is 0 Å². The normalized spacial score (nSPS) is 12.0. The lowest BCUT2D eigenvalue weighted by Gasteiger charge is -2.25. The average Bonchev–Trinajstić information content (AvgIpc) is 2.05. The third-order valence-electron chi connectivity index (χ3n) is 1.60. The van der Waals surface area contributed by atoms with Crippen LogP contribution in [0.15, 0.2) is 0 Å². The van der Waals surface area contributed by atoms with E-state index in [2.05, 4.69) is 6.92 Å². The molecule has 0 saturated carbocycles. The monoisotopic (exact) mass is 162 g/mol. The maximum Gasteiger partial charge on any atom is 0.279 e. The first-order valence-corrected chi connectivity index (χ1v) is 3.92. The predicted molar refractivity (Wildman–Crippen MR) is 43.3 cm³/mol. The first-order chi connectivity index (χ1) is 5.18. The Labute approximate surface area is 68.6 Å². The van der Waals surface area contributed by atoms with E-state index in [0.29, 0.717) is 6.61 Å². The quantitative estimate of drug-likeness (QED) is 0.440. The predicted octanol–water partition coefficient (Wildman–Crippen LogP) is 1.77. The largest absolute Gasteiger partial charge is 0.331 e. The number of rotatable bonds is 6. The Morgan fingerprint density at radius 3 is 2.09 bits per heavy atom. The molecule has 0 aliphatic rings. The van der Waals surface area contributed by atoms with Gasteiger partial charge >= 0.3 is 0 Å². The number of hydrogen-bond donors (Lipinski definition) is 0. The fourth-order valence-corrected chi connectivity index (χ4v) is 0.603. The topological polar surface area (TPSA) is 27.7 Å². The third-order valence-corrected chi connectivity index (χ3v) is 1.60. The van der Waals surface area contributed by atoms with Crippen LogP contribution in [0.4, 0.5) is 0 Å². The summed E-state index contributed by atoms with van der Waals surface area (Å²) in [6.07, 6.45) is 2.14. The minimum absolute atomic E-state index is 0.675. The van der Waals surface area contributed by atoms with Gasteiger partial charge in [0.05, 0.1) is 6.61 Å². The molecule has 0 aromatic carbocycles. The molecule has 0 heterocycles. The van der Waals surface area contributed by atoms with Gasteiger partial charge in [-0.15, -0.1) is 0 Å². The van der Waals surface area contributed by atoms with Crippen molar-refractivity contribution in [1.29, 1.82) is 0 Å². The van der Waals surface area contributed by atoms with E-state index in [1.807, 2.05) is 0 Å². The van der Waals surface area contributed by atoms with Crippen LogP contribution in [-0.2, 0) is 14.2 Å². The van der Waals surface area contributed by atoms with E-state index in [1.165, 1.54) is 0 Å². The summed E-state index contributed by atoms with van der Waals surface area (Å²) in [5.41, 5.74) is 0.